The summed E-state index contributed by atoms with van der Waals surface area (Å²) in [6.45, 7) is -0.504. The molecule has 2 aromatic rings. The summed E-state index contributed by atoms with van der Waals surface area (Å²) in [5.41, 5.74) is 0.716. The van der Waals surface area contributed by atoms with Crippen LogP contribution in [0.25, 0.3) is 0 Å². The van der Waals surface area contributed by atoms with E-state index in [0.717, 1.165) is 6.07 Å². The molecule has 4 nitrogen and oxygen atoms in total. The van der Waals surface area contributed by atoms with Crippen molar-refractivity contribution in [1.29, 1.82) is 0 Å². The maximum Gasteiger partial charge on any atom is 0.310 e. The van der Waals surface area contributed by atoms with Crippen molar-refractivity contribution in [2.45, 2.75) is 6.42 Å². The fourth-order valence-corrected chi connectivity index (χ4v) is 2.53. The van der Waals surface area contributed by atoms with Gasteiger partial charge < -0.3 is 10.1 Å². The molecule has 1 N–H and O–H groups in total. The Morgan fingerprint density at radius 3 is 2.33 bits per heavy atom. The summed E-state index contributed by atoms with van der Waals surface area (Å²) in [4.78, 5) is 23.5. The van der Waals surface area contributed by atoms with Crippen molar-refractivity contribution >= 4 is 52.4 Å². The van der Waals surface area contributed by atoms with Crippen molar-refractivity contribution < 1.29 is 18.7 Å². The molecule has 1 amide bonds. The molecule has 2 rings (SSSR count). The molecule has 0 aliphatic heterocycles. The van der Waals surface area contributed by atoms with E-state index in [9.17, 15) is 14.0 Å². The topological polar surface area (TPSA) is 55.4 Å². The predicted molar refractivity (Wildman–Crippen MR) is 91.2 cm³/mol. The van der Waals surface area contributed by atoms with Gasteiger partial charge in [-0.3, -0.25) is 9.59 Å². The highest BCUT2D eigenvalue weighted by Crippen LogP contribution is 2.25. The van der Waals surface area contributed by atoms with Gasteiger partial charge in [0.25, 0.3) is 5.91 Å². The van der Waals surface area contributed by atoms with Crippen LogP contribution in [0, 0.1) is 5.82 Å². The zero-order valence-corrected chi connectivity index (χ0v) is 14.4. The van der Waals surface area contributed by atoms with E-state index in [1.165, 1.54) is 12.1 Å². The van der Waals surface area contributed by atoms with Gasteiger partial charge in [-0.2, -0.15) is 0 Å². The molecule has 24 heavy (non-hydrogen) atoms. The van der Waals surface area contributed by atoms with Crippen LogP contribution in [-0.4, -0.2) is 18.5 Å². The number of benzene rings is 2. The summed E-state index contributed by atoms with van der Waals surface area (Å²) in [5, 5.41) is 2.98. The van der Waals surface area contributed by atoms with E-state index in [0.29, 0.717) is 15.6 Å². The molecule has 0 aliphatic carbocycles. The van der Waals surface area contributed by atoms with E-state index in [4.69, 9.17) is 39.5 Å². The number of rotatable bonds is 5. The molecular weight excluding hydrogens is 380 g/mol. The number of nitrogens with one attached hydrogen (secondary N) is 1. The van der Waals surface area contributed by atoms with E-state index >= 15 is 0 Å². The number of halogens is 4. The molecule has 2 aromatic carbocycles. The number of ether oxygens (including phenoxy) is 1. The third-order valence-electron chi connectivity index (χ3n) is 2.95. The Labute approximate surface area is 152 Å². The van der Waals surface area contributed by atoms with Crippen molar-refractivity contribution in [2.75, 3.05) is 11.9 Å². The zero-order chi connectivity index (χ0) is 17.7. The normalized spacial score (nSPS) is 10.3. The average Bonchev–Trinajstić information content (AvgIpc) is 2.53. The number of esters is 1. The first kappa shape index (κ1) is 18.5. The lowest BCUT2D eigenvalue weighted by molar-refractivity contribution is -0.146. The molecule has 0 spiro atoms. The molecule has 0 bridgehead atoms. The van der Waals surface area contributed by atoms with Crippen molar-refractivity contribution in [3.63, 3.8) is 0 Å². The molecule has 0 fully saturated rings. The van der Waals surface area contributed by atoms with Crippen LogP contribution in [0.2, 0.25) is 15.1 Å². The van der Waals surface area contributed by atoms with Crippen molar-refractivity contribution in [3.05, 3.63) is 62.8 Å². The van der Waals surface area contributed by atoms with Gasteiger partial charge >= 0.3 is 5.97 Å². The van der Waals surface area contributed by atoms with Crippen LogP contribution >= 0.6 is 34.8 Å². The van der Waals surface area contributed by atoms with Gasteiger partial charge in [0.2, 0.25) is 0 Å². The minimum atomic E-state index is -0.655. The SMILES string of the molecule is O=C(COC(=O)Cc1c(Cl)cccc1Cl)Nc1ccc(F)c(Cl)c1. The van der Waals surface area contributed by atoms with E-state index in [1.54, 1.807) is 18.2 Å². The summed E-state index contributed by atoms with van der Waals surface area (Å²) < 4.78 is 17.9. The van der Waals surface area contributed by atoms with Crippen LogP contribution in [0.4, 0.5) is 10.1 Å². The van der Waals surface area contributed by atoms with E-state index in [2.05, 4.69) is 5.32 Å². The van der Waals surface area contributed by atoms with Gasteiger partial charge in [-0.25, -0.2) is 4.39 Å². The lowest BCUT2D eigenvalue weighted by Gasteiger charge is -2.09. The average molecular weight is 391 g/mol. The standard InChI is InChI=1S/C16H11Cl3FNO3/c17-11-2-1-3-12(18)10(11)7-16(23)24-8-15(22)21-9-4-5-14(20)13(19)6-9/h1-6H,7-8H2,(H,21,22). The fraction of sp³-hybridized carbons (Fsp3) is 0.125. The number of hydrogen-bond acceptors (Lipinski definition) is 3. The van der Waals surface area contributed by atoms with Crippen LogP contribution < -0.4 is 5.32 Å². The first-order chi connectivity index (χ1) is 11.4. The predicted octanol–water partition coefficient (Wildman–Crippen LogP) is 4.51. The van der Waals surface area contributed by atoms with Crippen LogP contribution in [0.5, 0.6) is 0 Å². The first-order valence-corrected chi connectivity index (χ1v) is 7.83. The Kier molecular flexibility index (Phi) is 6.43. The fourth-order valence-electron chi connectivity index (χ4n) is 1.81. The Hall–Kier alpha value is -1.82. The van der Waals surface area contributed by atoms with Crippen LogP contribution in [0.15, 0.2) is 36.4 Å². The Bertz CT molecular complexity index is 763. The highest BCUT2D eigenvalue weighted by atomic mass is 35.5. The number of carbonyl (C=O) groups excluding carboxylic acids is 2. The molecule has 0 radical (unpaired) electrons. The van der Waals surface area contributed by atoms with Crippen molar-refractivity contribution in [2.24, 2.45) is 0 Å². The number of anilines is 1. The second kappa shape index (κ2) is 8.33. The van der Waals surface area contributed by atoms with Crippen molar-refractivity contribution in [3.8, 4) is 0 Å². The van der Waals surface area contributed by atoms with Gasteiger partial charge in [0.05, 0.1) is 11.4 Å². The monoisotopic (exact) mass is 389 g/mol. The highest BCUT2D eigenvalue weighted by molar-refractivity contribution is 6.36. The van der Waals surface area contributed by atoms with E-state index in [-0.39, 0.29) is 17.1 Å². The van der Waals surface area contributed by atoms with Crippen LogP contribution in [-0.2, 0) is 20.7 Å². The summed E-state index contributed by atoms with van der Waals surface area (Å²) in [6, 6.07) is 8.55. The Morgan fingerprint density at radius 1 is 1.04 bits per heavy atom. The molecule has 0 aromatic heterocycles. The quantitative estimate of drug-likeness (QED) is 0.764. The summed E-state index contributed by atoms with van der Waals surface area (Å²) >= 11 is 17.5. The molecular formula is C16H11Cl3FNO3. The minimum absolute atomic E-state index is 0.127. The van der Waals surface area contributed by atoms with Gasteiger partial charge in [-0.15, -0.1) is 0 Å². The summed E-state index contributed by atoms with van der Waals surface area (Å²) in [5.74, 6) is -1.84. The Balaban J connectivity index is 1.87. The molecule has 8 heteroatoms. The molecule has 0 heterocycles. The number of carbonyl (C=O) groups is 2. The van der Waals surface area contributed by atoms with Crippen LogP contribution in [0.1, 0.15) is 5.56 Å². The molecule has 126 valence electrons. The molecule has 0 unspecified atom stereocenters. The maximum absolute atomic E-state index is 13.0. The number of hydrogen-bond donors (Lipinski definition) is 1. The molecule has 0 saturated heterocycles. The van der Waals surface area contributed by atoms with Gasteiger partial charge in [-0.05, 0) is 30.3 Å². The van der Waals surface area contributed by atoms with E-state index in [1.807, 2.05) is 0 Å². The van der Waals surface area contributed by atoms with Gasteiger partial charge in [0.1, 0.15) is 5.82 Å². The second-order valence-electron chi connectivity index (χ2n) is 4.71. The zero-order valence-electron chi connectivity index (χ0n) is 12.1. The highest BCUT2D eigenvalue weighted by Gasteiger charge is 2.14. The summed E-state index contributed by atoms with van der Waals surface area (Å²) in [7, 11) is 0. The maximum atomic E-state index is 13.0. The summed E-state index contributed by atoms with van der Waals surface area (Å²) in [6.07, 6.45) is -0.159. The van der Waals surface area contributed by atoms with Crippen LogP contribution in [0.3, 0.4) is 0 Å². The van der Waals surface area contributed by atoms with E-state index < -0.39 is 24.3 Å². The lowest BCUT2D eigenvalue weighted by Crippen LogP contribution is -2.21. The molecule has 0 saturated carbocycles. The third kappa shape index (κ3) is 5.09. The smallest absolute Gasteiger partial charge is 0.310 e. The number of amides is 1. The molecule has 0 atom stereocenters. The largest absolute Gasteiger partial charge is 0.455 e. The minimum Gasteiger partial charge on any atom is -0.455 e. The molecule has 0 aliphatic rings. The third-order valence-corrected chi connectivity index (χ3v) is 3.95. The second-order valence-corrected chi connectivity index (χ2v) is 5.94. The lowest BCUT2D eigenvalue weighted by atomic mass is 10.1. The van der Waals surface area contributed by atoms with Gasteiger partial charge in [-0.1, -0.05) is 40.9 Å². The Morgan fingerprint density at radius 2 is 1.71 bits per heavy atom. The van der Waals surface area contributed by atoms with Crippen molar-refractivity contribution in [1.82, 2.24) is 0 Å². The van der Waals surface area contributed by atoms with Gasteiger partial charge in [0, 0.05) is 21.3 Å². The first-order valence-electron chi connectivity index (χ1n) is 6.70. The van der Waals surface area contributed by atoms with Gasteiger partial charge in [0.15, 0.2) is 6.61 Å².